The van der Waals surface area contributed by atoms with Crippen LogP contribution in [0.15, 0.2) is 0 Å². The average molecular weight is 424 g/mol. The third kappa shape index (κ3) is 5.99. The monoisotopic (exact) mass is 424 g/mol. The van der Waals surface area contributed by atoms with Crippen molar-refractivity contribution in [2.75, 3.05) is 19.8 Å². The molecule has 0 unspecified atom stereocenters. The smallest absolute Gasteiger partial charge is 0.376 e. The molecule has 0 aliphatic carbocycles. The maximum Gasteiger partial charge on any atom is 0.475 e. The lowest BCUT2D eigenvalue weighted by molar-refractivity contribution is -0.113. The molecule has 0 aromatic rings. The number of phosphoric ester groups is 1. The number of ether oxygens (including phenoxy) is 4. The first kappa shape index (κ1) is 21.2. The zero-order valence-electron chi connectivity index (χ0n) is 18.4. The Labute approximate surface area is 169 Å². The first-order chi connectivity index (χ1) is 13.6. The number of rotatable bonds is 8. The van der Waals surface area contributed by atoms with Gasteiger partial charge >= 0.3 is 7.82 Å². The summed E-state index contributed by atoms with van der Waals surface area (Å²) in [6.45, 7) is 9.55. The van der Waals surface area contributed by atoms with Crippen molar-refractivity contribution in [2.45, 2.75) is 103 Å². The Hall–Kier alpha value is -0.0500. The van der Waals surface area contributed by atoms with Crippen molar-refractivity contribution in [1.29, 1.82) is 0 Å². The highest BCUT2D eigenvalue weighted by atomic mass is 31.2. The Morgan fingerprint density at radius 1 is 1.18 bits per heavy atom. The van der Waals surface area contributed by atoms with Crippen LogP contribution >= 0.6 is 7.82 Å². The maximum atomic E-state index is 13.2. The zero-order chi connectivity index (χ0) is 21.2. The topological polar surface area (TPSA) is 81.7 Å². The van der Waals surface area contributed by atoms with Crippen LogP contribution in [-0.4, -0.2) is 68.6 Å². The molecule has 0 aromatic carbocycles. The SMILES string of the molecule is [3H][C@@H]1C[C@H](O[P@@]2(=O)OCC[C@@H]([C@H]3O[C@@H](C)C[C@@H]3OC(C)C)O2)[C@@H](COC(C)C)O1. The summed E-state index contributed by atoms with van der Waals surface area (Å²) >= 11 is 0. The van der Waals surface area contributed by atoms with Crippen LogP contribution in [0.4, 0.5) is 0 Å². The van der Waals surface area contributed by atoms with Gasteiger partial charge in [0.15, 0.2) is 0 Å². The van der Waals surface area contributed by atoms with Crippen molar-refractivity contribution >= 4 is 7.82 Å². The molecule has 8 atom stereocenters. The molecule has 28 heavy (non-hydrogen) atoms. The van der Waals surface area contributed by atoms with Gasteiger partial charge in [-0.1, -0.05) is 0 Å². The van der Waals surface area contributed by atoms with Gasteiger partial charge in [-0.2, -0.15) is 0 Å². The molecule has 3 fully saturated rings. The van der Waals surface area contributed by atoms with Gasteiger partial charge < -0.3 is 18.9 Å². The second kappa shape index (κ2) is 9.84. The first-order valence-electron chi connectivity index (χ1n) is 10.8. The van der Waals surface area contributed by atoms with Crippen LogP contribution in [0.2, 0.25) is 0 Å². The van der Waals surface area contributed by atoms with E-state index in [4.69, 9.17) is 33.9 Å². The van der Waals surface area contributed by atoms with Crippen molar-refractivity contribution < 1.29 is 38.5 Å². The van der Waals surface area contributed by atoms with Crippen LogP contribution in [0, 0.1) is 0 Å². The molecule has 3 aliphatic heterocycles. The van der Waals surface area contributed by atoms with E-state index in [0.29, 0.717) is 6.42 Å². The lowest BCUT2D eigenvalue weighted by Gasteiger charge is -2.35. The van der Waals surface area contributed by atoms with E-state index in [1.807, 2.05) is 34.6 Å². The minimum atomic E-state index is -3.82. The van der Waals surface area contributed by atoms with E-state index in [-0.39, 0.29) is 50.2 Å². The quantitative estimate of drug-likeness (QED) is 0.548. The van der Waals surface area contributed by atoms with Gasteiger partial charge in [-0.3, -0.25) is 13.6 Å². The molecule has 0 bridgehead atoms. The normalized spacial score (nSPS) is 45.1. The van der Waals surface area contributed by atoms with Gasteiger partial charge in [0.2, 0.25) is 0 Å². The van der Waals surface area contributed by atoms with E-state index >= 15 is 0 Å². The standard InChI is InChI=1S/C19H35O8P/c1-12(2)22-11-18-15(6-8-21-18)26-28(20)23-9-7-16(27-28)19-17(24-13(3)4)10-14(5)25-19/h12-19H,6-11H2,1-5H3/t14-,15-,16-,17-,18+,19+,28+/m0/s1/i8T/t8-,14+,15+,16+,17+,18-,19-,28-/m1. The molecule has 0 N–H and O–H groups in total. The van der Waals surface area contributed by atoms with Gasteiger partial charge in [-0.25, -0.2) is 4.57 Å². The number of phosphoric acid groups is 1. The van der Waals surface area contributed by atoms with Gasteiger partial charge in [0.1, 0.15) is 24.4 Å². The summed E-state index contributed by atoms with van der Waals surface area (Å²) < 4.78 is 61.3. The largest absolute Gasteiger partial charge is 0.475 e. The molecule has 3 saturated heterocycles. The van der Waals surface area contributed by atoms with Gasteiger partial charge in [0.05, 0.1) is 39.0 Å². The van der Waals surface area contributed by atoms with Gasteiger partial charge in [-0.05, 0) is 34.6 Å². The molecule has 3 heterocycles. The van der Waals surface area contributed by atoms with Gasteiger partial charge in [0, 0.05) is 25.8 Å². The Kier molecular flexibility index (Phi) is 7.45. The molecule has 0 spiro atoms. The van der Waals surface area contributed by atoms with Crippen LogP contribution < -0.4 is 0 Å². The van der Waals surface area contributed by atoms with Crippen molar-refractivity contribution in [3.8, 4) is 0 Å². The summed E-state index contributed by atoms with van der Waals surface area (Å²) in [5.41, 5.74) is 0. The molecular weight excluding hydrogens is 387 g/mol. The van der Waals surface area contributed by atoms with Crippen molar-refractivity contribution in [1.82, 2.24) is 0 Å². The molecule has 0 aromatic heterocycles. The van der Waals surface area contributed by atoms with E-state index in [2.05, 4.69) is 0 Å². The average Bonchev–Trinajstić information content (AvgIpc) is 3.14. The van der Waals surface area contributed by atoms with Crippen LogP contribution in [-0.2, 0) is 37.1 Å². The van der Waals surface area contributed by atoms with Crippen LogP contribution in [0.5, 0.6) is 0 Å². The summed E-state index contributed by atoms with van der Waals surface area (Å²) in [4.78, 5) is 0. The summed E-state index contributed by atoms with van der Waals surface area (Å²) in [5.74, 6) is 0. The minimum absolute atomic E-state index is 0.0194. The molecule has 8 nitrogen and oxygen atoms in total. The second-order valence-electron chi connectivity index (χ2n) is 8.19. The summed E-state index contributed by atoms with van der Waals surface area (Å²) in [7, 11) is -3.82. The fourth-order valence-corrected chi connectivity index (χ4v) is 5.33. The van der Waals surface area contributed by atoms with Gasteiger partial charge in [-0.15, -0.1) is 0 Å². The van der Waals surface area contributed by atoms with E-state index in [9.17, 15) is 4.57 Å². The minimum Gasteiger partial charge on any atom is -0.376 e. The lowest BCUT2D eigenvalue weighted by atomic mass is 10.0. The molecule has 164 valence electrons. The third-order valence-corrected chi connectivity index (χ3v) is 6.48. The summed E-state index contributed by atoms with van der Waals surface area (Å²) in [6, 6.07) is 0. The van der Waals surface area contributed by atoms with Crippen molar-refractivity contribution in [2.24, 2.45) is 0 Å². The highest BCUT2D eigenvalue weighted by Crippen LogP contribution is 2.56. The van der Waals surface area contributed by atoms with E-state index in [0.717, 1.165) is 6.42 Å². The molecule has 0 saturated carbocycles. The van der Waals surface area contributed by atoms with Gasteiger partial charge in [0.25, 0.3) is 0 Å². The van der Waals surface area contributed by atoms with E-state index < -0.39 is 32.7 Å². The Balaban J connectivity index is 1.63. The summed E-state index contributed by atoms with van der Waals surface area (Å²) in [5, 5.41) is 0. The lowest BCUT2D eigenvalue weighted by Crippen LogP contribution is -2.41. The Bertz CT molecular complexity index is 576. The fourth-order valence-electron chi connectivity index (χ4n) is 3.72. The fraction of sp³-hybridized carbons (Fsp3) is 1.00. The van der Waals surface area contributed by atoms with E-state index in [1.54, 1.807) is 0 Å². The predicted molar refractivity (Wildman–Crippen MR) is 102 cm³/mol. The Morgan fingerprint density at radius 3 is 2.68 bits per heavy atom. The highest BCUT2D eigenvalue weighted by Gasteiger charge is 2.48. The van der Waals surface area contributed by atoms with Crippen LogP contribution in [0.1, 0.15) is 55.3 Å². The third-order valence-electron chi connectivity index (χ3n) is 4.92. The van der Waals surface area contributed by atoms with Crippen molar-refractivity contribution in [3.05, 3.63) is 0 Å². The molecule has 0 amide bonds. The Morgan fingerprint density at radius 2 is 1.96 bits per heavy atom. The number of hydrogen-bond donors (Lipinski definition) is 0. The van der Waals surface area contributed by atoms with Crippen molar-refractivity contribution in [3.63, 3.8) is 0 Å². The maximum absolute atomic E-state index is 13.2. The van der Waals surface area contributed by atoms with E-state index in [1.165, 1.54) is 0 Å². The molecule has 0 radical (unpaired) electrons. The summed E-state index contributed by atoms with van der Waals surface area (Å²) in [6.07, 6.45) is -0.252. The van der Waals surface area contributed by atoms with Crippen LogP contribution in [0.3, 0.4) is 0 Å². The predicted octanol–water partition coefficient (Wildman–Crippen LogP) is 3.47. The molecule has 9 heteroatoms. The molecule has 3 rings (SSSR count). The first-order valence-corrected chi connectivity index (χ1v) is 11.7. The second-order valence-corrected chi connectivity index (χ2v) is 9.76. The molecule has 3 aliphatic rings. The zero-order valence-corrected chi connectivity index (χ0v) is 18.3. The number of hydrogen-bond acceptors (Lipinski definition) is 8. The highest BCUT2D eigenvalue weighted by molar-refractivity contribution is 7.48. The van der Waals surface area contributed by atoms with Crippen LogP contribution in [0.25, 0.3) is 0 Å². The molecular formula is C19H35O8P.